The molecule has 0 spiro atoms. The molecule has 5 nitrogen and oxygen atoms in total. The van der Waals surface area contributed by atoms with Crippen molar-refractivity contribution in [2.45, 2.75) is 17.5 Å². The minimum absolute atomic E-state index is 0.00981. The summed E-state index contributed by atoms with van der Waals surface area (Å²) in [6.45, 7) is 0. The first-order chi connectivity index (χ1) is 17.4. The third kappa shape index (κ3) is 6.44. The number of anilines is 1. The zero-order valence-electron chi connectivity index (χ0n) is 18.4. The van der Waals surface area contributed by atoms with Crippen molar-refractivity contribution in [1.82, 2.24) is 14.8 Å². The Morgan fingerprint density at radius 1 is 0.865 bits per heavy atom. The number of thioether (sulfide) groups is 1. The topological polar surface area (TPSA) is 59.8 Å². The van der Waals surface area contributed by atoms with Gasteiger partial charge in [0.15, 0.2) is 11.0 Å². The van der Waals surface area contributed by atoms with E-state index in [0.717, 1.165) is 11.8 Å². The summed E-state index contributed by atoms with van der Waals surface area (Å²) in [4.78, 5) is 12.5. The number of aromatic nitrogens is 3. The Kier molecular flexibility index (Phi) is 7.51. The lowest BCUT2D eigenvalue weighted by atomic mass is 10.1. The Labute approximate surface area is 215 Å². The Balaban J connectivity index is 1.59. The Hall–Kier alpha value is -3.51. The average Bonchev–Trinajstić information content (AvgIpc) is 3.26. The molecule has 0 atom stereocenters. The summed E-state index contributed by atoms with van der Waals surface area (Å²) in [5.41, 5.74) is -2.38. The highest BCUT2D eigenvalue weighted by molar-refractivity contribution is 7.99. The van der Waals surface area contributed by atoms with Gasteiger partial charge in [0.25, 0.3) is 0 Å². The Bertz CT molecular complexity index is 1390. The number of alkyl halides is 6. The summed E-state index contributed by atoms with van der Waals surface area (Å²) in [5.74, 6) is -0.772. The molecular weight excluding hydrogens is 542 g/mol. The van der Waals surface area contributed by atoms with E-state index >= 15 is 0 Å². The molecule has 4 rings (SSSR count). The van der Waals surface area contributed by atoms with Crippen LogP contribution in [0, 0.1) is 0 Å². The van der Waals surface area contributed by atoms with E-state index in [2.05, 4.69) is 15.5 Å². The standard InChI is InChI=1S/C24H15ClF6N4OS/c25-17-6-4-5-14(9-17)21-33-34-22(35(21)19-7-2-1-3-8-19)37-13-20(36)32-18-11-15(23(26,27)28)10-16(12-18)24(29,30)31/h1-12H,13H2,(H,32,36). The quantitative estimate of drug-likeness (QED) is 0.199. The molecule has 0 saturated heterocycles. The van der Waals surface area contributed by atoms with Crippen molar-refractivity contribution >= 4 is 35.0 Å². The van der Waals surface area contributed by atoms with Crippen LogP contribution in [0.4, 0.5) is 32.0 Å². The van der Waals surface area contributed by atoms with Crippen molar-refractivity contribution in [3.8, 4) is 17.1 Å². The number of halogens is 7. The Morgan fingerprint density at radius 3 is 2.11 bits per heavy atom. The molecule has 0 saturated carbocycles. The van der Waals surface area contributed by atoms with Crippen LogP contribution in [0.5, 0.6) is 0 Å². The molecule has 0 unspecified atom stereocenters. The normalized spacial score (nSPS) is 12.0. The van der Waals surface area contributed by atoms with Crippen molar-refractivity contribution in [3.63, 3.8) is 0 Å². The van der Waals surface area contributed by atoms with E-state index < -0.39 is 35.1 Å². The van der Waals surface area contributed by atoms with E-state index in [0.29, 0.717) is 34.2 Å². The first kappa shape index (κ1) is 26.6. The number of amides is 1. The molecule has 0 aliphatic carbocycles. The number of nitrogens with one attached hydrogen (secondary N) is 1. The summed E-state index contributed by atoms with van der Waals surface area (Å²) in [7, 11) is 0. The van der Waals surface area contributed by atoms with Gasteiger partial charge in [-0.05, 0) is 42.5 Å². The van der Waals surface area contributed by atoms with Gasteiger partial charge < -0.3 is 5.32 Å². The molecular formula is C24H15ClF6N4OS. The summed E-state index contributed by atoms with van der Waals surface area (Å²) >= 11 is 7.01. The number of benzene rings is 3. The third-order valence-electron chi connectivity index (χ3n) is 4.93. The molecule has 37 heavy (non-hydrogen) atoms. The van der Waals surface area contributed by atoms with Gasteiger partial charge in [-0.25, -0.2) is 0 Å². The van der Waals surface area contributed by atoms with Crippen molar-refractivity contribution < 1.29 is 31.1 Å². The van der Waals surface area contributed by atoms with Gasteiger partial charge in [-0.3, -0.25) is 9.36 Å². The molecule has 0 aliphatic heterocycles. The predicted octanol–water partition coefficient (Wildman–Crippen LogP) is 7.36. The summed E-state index contributed by atoms with van der Waals surface area (Å²) in [5, 5.41) is 11.2. The highest BCUT2D eigenvalue weighted by atomic mass is 35.5. The minimum atomic E-state index is -5.03. The molecule has 1 amide bonds. The van der Waals surface area contributed by atoms with E-state index in [9.17, 15) is 31.1 Å². The molecule has 0 bridgehead atoms. The number of rotatable bonds is 6. The predicted molar refractivity (Wildman–Crippen MR) is 128 cm³/mol. The number of carbonyl (C=O) groups is 1. The van der Waals surface area contributed by atoms with Gasteiger partial charge >= 0.3 is 12.4 Å². The maximum Gasteiger partial charge on any atom is 0.416 e. The van der Waals surface area contributed by atoms with Gasteiger partial charge in [-0.15, -0.1) is 10.2 Å². The second kappa shape index (κ2) is 10.5. The highest BCUT2D eigenvalue weighted by Crippen LogP contribution is 2.37. The molecule has 192 valence electrons. The lowest BCUT2D eigenvalue weighted by molar-refractivity contribution is -0.143. The van der Waals surface area contributed by atoms with Crippen LogP contribution in [-0.4, -0.2) is 26.4 Å². The number of carbonyl (C=O) groups excluding carboxylic acids is 1. The van der Waals surface area contributed by atoms with Crippen LogP contribution < -0.4 is 5.32 Å². The first-order valence-electron chi connectivity index (χ1n) is 10.4. The minimum Gasteiger partial charge on any atom is -0.325 e. The van der Waals surface area contributed by atoms with Crippen LogP contribution in [0.15, 0.2) is 78.0 Å². The fraction of sp³-hybridized carbons (Fsp3) is 0.125. The van der Waals surface area contributed by atoms with Crippen LogP contribution in [-0.2, 0) is 17.1 Å². The SMILES string of the molecule is O=C(CSc1nnc(-c2cccc(Cl)c2)n1-c1ccccc1)Nc1cc(C(F)(F)F)cc(C(F)(F)F)c1. The maximum atomic E-state index is 13.1. The molecule has 0 aliphatic rings. The van der Waals surface area contributed by atoms with E-state index in [-0.39, 0.29) is 17.0 Å². The fourth-order valence-electron chi connectivity index (χ4n) is 3.34. The maximum absolute atomic E-state index is 13.1. The van der Waals surface area contributed by atoms with E-state index in [1.807, 2.05) is 0 Å². The summed E-state index contributed by atoms with van der Waals surface area (Å²) < 4.78 is 80.3. The molecule has 0 fully saturated rings. The van der Waals surface area contributed by atoms with E-state index in [4.69, 9.17) is 11.6 Å². The highest BCUT2D eigenvalue weighted by Gasteiger charge is 2.37. The van der Waals surface area contributed by atoms with Gasteiger partial charge in [0.05, 0.1) is 16.9 Å². The summed E-state index contributed by atoms with van der Waals surface area (Å²) in [6, 6.07) is 16.7. The molecule has 3 aromatic carbocycles. The molecule has 13 heteroatoms. The van der Waals surface area contributed by atoms with Gasteiger partial charge in [0.2, 0.25) is 5.91 Å². The van der Waals surface area contributed by atoms with Crippen LogP contribution in [0.3, 0.4) is 0 Å². The second-order valence-electron chi connectivity index (χ2n) is 7.62. The number of para-hydroxylation sites is 1. The zero-order chi connectivity index (χ0) is 26.8. The Morgan fingerprint density at radius 2 is 1.51 bits per heavy atom. The molecule has 0 radical (unpaired) electrons. The van der Waals surface area contributed by atoms with E-state index in [1.165, 1.54) is 0 Å². The number of hydrogen-bond donors (Lipinski definition) is 1. The van der Waals surface area contributed by atoms with E-state index in [1.54, 1.807) is 59.2 Å². The zero-order valence-corrected chi connectivity index (χ0v) is 20.0. The monoisotopic (exact) mass is 556 g/mol. The first-order valence-corrected chi connectivity index (χ1v) is 11.8. The molecule has 4 aromatic rings. The largest absolute Gasteiger partial charge is 0.416 e. The van der Waals surface area contributed by atoms with Crippen molar-refractivity contribution in [2.75, 3.05) is 11.1 Å². The molecule has 1 heterocycles. The third-order valence-corrected chi connectivity index (χ3v) is 6.10. The van der Waals surface area contributed by atoms with Crippen LogP contribution >= 0.6 is 23.4 Å². The van der Waals surface area contributed by atoms with Crippen LogP contribution in [0.1, 0.15) is 11.1 Å². The number of nitrogens with zero attached hydrogens (tertiary/aromatic N) is 3. The van der Waals surface area contributed by atoms with Gasteiger partial charge in [-0.2, -0.15) is 26.3 Å². The second-order valence-corrected chi connectivity index (χ2v) is 9.00. The van der Waals surface area contributed by atoms with Crippen LogP contribution in [0.2, 0.25) is 5.02 Å². The van der Waals surface area contributed by atoms with Crippen LogP contribution in [0.25, 0.3) is 17.1 Å². The van der Waals surface area contributed by atoms with Gasteiger partial charge in [0, 0.05) is 22.0 Å². The molecule has 1 N–H and O–H groups in total. The van der Waals surface area contributed by atoms with Crippen molar-refractivity contribution in [1.29, 1.82) is 0 Å². The van der Waals surface area contributed by atoms with Gasteiger partial charge in [-0.1, -0.05) is 53.7 Å². The number of hydrogen-bond acceptors (Lipinski definition) is 4. The molecule has 1 aromatic heterocycles. The average molecular weight is 557 g/mol. The van der Waals surface area contributed by atoms with Crippen molar-refractivity contribution in [3.05, 3.63) is 88.9 Å². The van der Waals surface area contributed by atoms with Crippen molar-refractivity contribution in [2.24, 2.45) is 0 Å². The fourth-order valence-corrected chi connectivity index (χ4v) is 4.28. The lowest BCUT2D eigenvalue weighted by Crippen LogP contribution is -2.17. The summed E-state index contributed by atoms with van der Waals surface area (Å²) in [6.07, 6.45) is -10.1. The lowest BCUT2D eigenvalue weighted by Gasteiger charge is -2.15. The van der Waals surface area contributed by atoms with Gasteiger partial charge in [0.1, 0.15) is 0 Å². The smallest absolute Gasteiger partial charge is 0.325 e.